The van der Waals surface area contributed by atoms with Crippen molar-refractivity contribution >= 4 is 29.2 Å². The number of rotatable bonds is 5. The van der Waals surface area contributed by atoms with Gasteiger partial charge in [-0.05, 0) is 37.8 Å². The number of carbonyl (C=O) groups is 2. The molecule has 1 N–H and O–H groups in total. The zero-order valence-corrected chi connectivity index (χ0v) is 13.2. The van der Waals surface area contributed by atoms with E-state index in [1.165, 1.54) is 12.1 Å². The Morgan fingerprint density at radius 3 is 2.78 bits per heavy atom. The van der Waals surface area contributed by atoms with E-state index >= 15 is 0 Å². The number of likely N-dealkylation sites (tertiary alicyclic amines) is 1. The lowest BCUT2D eigenvalue weighted by Crippen LogP contribution is -2.44. The summed E-state index contributed by atoms with van der Waals surface area (Å²) in [7, 11) is 0. The van der Waals surface area contributed by atoms with E-state index in [0.29, 0.717) is 19.4 Å². The van der Waals surface area contributed by atoms with Crippen molar-refractivity contribution in [2.75, 3.05) is 6.54 Å². The van der Waals surface area contributed by atoms with Crippen molar-refractivity contribution in [3.05, 3.63) is 38.9 Å². The summed E-state index contributed by atoms with van der Waals surface area (Å²) < 4.78 is 0. The fourth-order valence-electron chi connectivity index (χ4n) is 2.85. The van der Waals surface area contributed by atoms with E-state index in [-0.39, 0.29) is 28.7 Å². The standard InChI is InChI=1S/C15H17ClN2O5/c16-10-4-6-12(13(9-10)18(22)23)15(21)17-8-2-1-3-11(17)5-7-14(19)20/h4,6,9,11H,1-3,5,7-8H2,(H,19,20). The van der Waals surface area contributed by atoms with Crippen LogP contribution in [0.25, 0.3) is 0 Å². The van der Waals surface area contributed by atoms with Crippen molar-refractivity contribution < 1.29 is 19.6 Å². The first kappa shape index (κ1) is 17.2. The summed E-state index contributed by atoms with van der Waals surface area (Å²) in [4.78, 5) is 35.6. The highest BCUT2D eigenvalue weighted by Gasteiger charge is 2.31. The Labute approximate surface area is 138 Å². The lowest BCUT2D eigenvalue weighted by atomic mass is 9.96. The number of benzene rings is 1. The summed E-state index contributed by atoms with van der Waals surface area (Å²) >= 11 is 5.77. The number of halogens is 1. The van der Waals surface area contributed by atoms with Crippen LogP contribution >= 0.6 is 11.6 Å². The van der Waals surface area contributed by atoms with E-state index in [4.69, 9.17) is 16.7 Å². The summed E-state index contributed by atoms with van der Waals surface area (Å²) in [5.74, 6) is -1.36. The van der Waals surface area contributed by atoms with E-state index in [0.717, 1.165) is 18.9 Å². The second-order valence-corrected chi connectivity index (χ2v) is 5.94. The number of nitro groups is 1. The number of carboxylic acid groups (broad SMARTS) is 1. The van der Waals surface area contributed by atoms with Crippen LogP contribution in [-0.2, 0) is 4.79 Å². The smallest absolute Gasteiger partial charge is 0.303 e. The van der Waals surface area contributed by atoms with Crippen LogP contribution in [0.5, 0.6) is 0 Å². The number of hydrogen-bond donors (Lipinski definition) is 1. The van der Waals surface area contributed by atoms with Gasteiger partial charge in [0.2, 0.25) is 0 Å². The predicted octanol–water partition coefficient (Wildman–Crippen LogP) is 3.11. The van der Waals surface area contributed by atoms with Gasteiger partial charge in [0, 0.05) is 30.1 Å². The Bertz CT molecular complexity index is 634. The predicted molar refractivity (Wildman–Crippen MR) is 83.7 cm³/mol. The van der Waals surface area contributed by atoms with Crippen LogP contribution < -0.4 is 0 Å². The molecular weight excluding hydrogens is 324 g/mol. The zero-order chi connectivity index (χ0) is 17.0. The number of aliphatic carboxylic acids is 1. The first-order valence-electron chi connectivity index (χ1n) is 7.37. The molecule has 1 aliphatic rings. The third-order valence-electron chi connectivity index (χ3n) is 3.97. The minimum atomic E-state index is -0.916. The molecular formula is C15H17ClN2O5. The average molecular weight is 341 g/mol. The second kappa shape index (κ2) is 7.41. The Morgan fingerprint density at radius 1 is 1.39 bits per heavy atom. The van der Waals surface area contributed by atoms with E-state index in [9.17, 15) is 19.7 Å². The van der Waals surface area contributed by atoms with Crippen molar-refractivity contribution in [2.24, 2.45) is 0 Å². The van der Waals surface area contributed by atoms with E-state index < -0.39 is 16.8 Å². The van der Waals surface area contributed by atoms with Gasteiger partial charge >= 0.3 is 5.97 Å². The van der Waals surface area contributed by atoms with Gasteiger partial charge in [-0.2, -0.15) is 0 Å². The molecule has 0 spiro atoms. The highest BCUT2D eigenvalue weighted by Crippen LogP contribution is 2.28. The average Bonchev–Trinajstić information content (AvgIpc) is 2.52. The summed E-state index contributed by atoms with van der Waals surface area (Å²) in [5, 5.41) is 20.2. The second-order valence-electron chi connectivity index (χ2n) is 5.50. The number of hydrogen-bond acceptors (Lipinski definition) is 4. The Balaban J connectivity index is 2.26. The van der Waals surface area contributed by atoms with Gasteiger partial charge in [0.15, 0.2) is 0 Å². The maximum atomic E-state index is 12.7. The molecule has 0 saturated carbocycles. The van der Waals surface area contributed by atoms with Crippen LogP contribution in [0.15, 0.2) is 18.2 Å². The summed E-state index contributed by atoms with van der Waals surface area (Å²) in [6.45, 7) is 0.475. The fraction of sp³-hybridized carbons (Fsp3) is 0.467. The SMILES string of the molecule is O=C(O)CCC1CCCCN1C(=O)c1ccc(Cl)cc1[N+](=O)[O-]. The van der Waals surface area contributed by atoms with E-state index in [1.807, 2.05) is 0 Å². The van der Waals surface area contributed by atoms with Crippen LogP contribution in [0.2, 0.25) is 5.02 Å². The van der Waals surface area contributed by atoms with Gasteiger partial charge in [-0.25, -0.2) is 0 Å². The van der Waals surface area contributed by atoms with Crippen molar-refractivity contribution in [3.63, 3.8) is 0 Å². The number of amides is 1. The molecule has 1 saturated heterocycles. The number of nitrogens with zero attached hydrogens (tertiary/aromatic N) is 2. The first-order chi connectivity index (χ1) is 10.9. The largest absolute Gasteiger partial charge is 0.481 e. The molecule has 124 valence electrons. The molecule has 8 heteroatoms. The van der Waals surface area contributed by atoms with Crippen LogP contribution in [0, 0.1) is 10.1 Å². The van der Waals surface area contributed by atoms with Gasteiger partial charge in [-0.15, -0.1) is 0 Å². The number of carbonyl (C=O) groups excluding carboxylic acids is 1. The number of nitro benzene ring substituents is 1. The Hall–Kier alpha value is -2.15. The zero-order valence-electron chi connectivity index (χ0n) is 12.4. The molecule has 1 amide bonds. The van der Waals surface area contributed by atoms with Crippen LogP contribution in [0.3, 0.4) is 0 Å². The summed E-state index contributed by atoms with van der Waals surface area (Å²) in [6.07, 6.45) is 2.74. The highest BCUT2D eigenvalue weighted by molar-refractivity contribution is 6.31. The topological polar surface area (TPSA) is 101 Å². The monoisotopic (exact) mass is 340 g/mol. The molecule has 1 unspecified atom stereocenters. The molecule has 1 fully saturated rings. The molecule has 23 heavy (non-hydrogen) atoms. The van der Waals surface area contributed by atoms with Gasteiger partial charge in [0.1, 0.15) is 5.56 Å². The third kappa shape index (κ3) is 4.19. The quantitative estimate of drug-likeness (QED) is 0.655. The summed E-state index contributed by atoms with van der Waals surface area (Å²) in [6, 6.07) is 3.75. The van der Waals surface area contributed by atoms with Gasteiger partial charge in [-0.3, -0.25) is 19.7 Å². The minimum absolute atomic E-state index is 0.0124. The van der Waals surface area contributed by atoms with Crippen LogP contribution in [0.4, 0.5) is 5.69 Å². The van der Waals surface area contributed by atoms with E-state index in [2.05, 4.69) is 0 Å². The third-order valence-corrected chi connectivity index (χ3v) is 4.20. The Morgan fingerprint density at radius 2 is 2.13 bits per heavy atom. The van der Waals surface area contributed by atoms with Crippen LogP contribution in [-0.4, -0.2) is 39.4 Å². The molecule has 1 heterocycles. The highest BCUT2D eigenvalue weighted by atomic mass is 35.5. The molecule has 7 nitrogen and oxygen atoms in total. The molecule has 1 atom stereocenters. The lowest BCUT2D eigenvalue weighted by Gasteiger charge is -2.35. The van der Waals surface area contributed by atoms with Crippen molar-refractivity contribution in [1.29, 1.82) is 0 Å². The number of carboxylic acids is 1. The Kier molecular flexibility index (Phi) is 5.54. The van der Waals surface area contributed by atoms with Gasteiger partial charge in [0.25, 0.3) is 11.6 Å². The van der Waals surface area contributed by atoms with Crippen molar-refractivity contribution in [1.82, 2.24) is 4.90 Å². The molecule has 1 aromatic rings. The molecule has 0 bridgehead atoms. The van der Waals surface area contributed by atoms with Crippen molar-refractivity contribution in [3.8, 4) is 0 Å². The van der Waals surface area contributed by atoms with Gasteiger partial charge in [0.05, 0.1) is 4.92 Å². The first-order valence-corrected chi connectivity index (χ1v) is 7.74. The van der Waals surface area contributed by atoms with Gasteiger partial charge < -0.3 is 10.0 Å². The summed E-state index contributed by atoms with van der Waals surface area (Å²) in [5.41, 5.74) is -0.341. The minimum Gasteiger partial charge on any atom is -0.481 e. The molecule has 2 rings (SSSR count). The van der Waals surface area contributed by atoms with E-state index in [1.54, 1.807) is 4.90 Å². The maximum Gasteiger partial charge on any atom is 0.303 e. The molecule has 1 aromatic carbocycles. The fourth-order valence-corrected chi connectivity index (χ4v) is 3.02. The molecule has 1 aliphatic heterocycles. The van der Waals surface area contributed by atoms with Crippen molar-refractivity contribution in [2.45, 2.75) is 38.1 Å². The van der Waals surface area contributed by atoms with Crippen LogP contribution in [0.1, 0.15) is 42.5 Å². The molecule has 0 radical (unpaired) electrons. The van der Waals surface area contributed by atoms with Gasteiger partial charge in [-0.1, -0.05) is 11.6 Å². The normalized spacial score (nSPS) is 17.8. The maximum absolute atomic E-state index is 12.7. The molecule has 0 aliphatic carbocycles. The number of piperidine rings is 1. The lowest BCUT2D eigenvalue weighted by molar-refractivity contribution is -0.385. The molecule has 0 aromatic heterocycles.